The summed E-state index contributed by atoms with van der Waals surface area (Å²) in [5.74, 6) is 0.452. The average Bonchev–Trinajstić information content (AvgIpc) is 3.23. The van der Waals surface area contributed by atoms with E-state index >= 15 is 0 Å². The first-order valence-corrected chi connectivity index (χ1v) is 6.92. The maximum Gasteiger partial charge on any atom is 0.232 e. The van der Waals surface area contributed by atoms with Crippen LogP contribution in [0.2, 0.25) is 0 Å². The second-order valence-electron chi connectivity index (χ2n) is 6.08. The van der Waals surface area contributed by atoms with Crippen molar-refractivity contribution in [2.45, 2.75) is 38.2 Å². The highest BCUT2D eigenvalue weighted by atomic mass is 16.3. The summed E-state index contributed by atoms with van der Waals surface area (Å²) < 4.78 is 0. The normalized spacial score (nSPS) is 17.1. The molecule has 1 aromatic carbocycles. The predicted molar refractivity (Wildman–Crippen MR) is 75.8 cm³/mol. The molecule has 0 heterocycles. The Balaban J connectivity index is 2.04. The zero-order valence-electron chi connectivity index (χ0n) is 12.0. The summed E-state index contributed by atoms with van der Waals surface area (Å²) in [6.45, 7) is 4.30. The molecular formula is C16H23NO2. The minimum atomic E-state index is -0.556. The lowest BCUT2D eigenvalue weighted by atomic mass is 9.83. The highest BCUT2D eigenvalue weighted by molar-refractivity contribution is 5.87. The van der Waals surface area contributed by atoms with Crippen molar-refractivity contribution in [1.29, 1.82) is 0 Å². The van der Waals surface area contributed by atoms with Crippen LogP contribution in [0.25, 0.3) is 0 Å². The SMILES string of the molecule is CN(CC(O)C1CC1)C(=O)C(C)(C)c1ccccc1. The van der Waals surface area contributed by atoms with Gasteiger partial charge in [0, 0.05) is 13.6 Å². The molecule has 1 aromatic rings. The zero-order chi connectivity index (χ0) is 14.0. The fourth-order valence-electron chi connectivity index (χ4n) is 2.45. The van der Waals surface area contributed by atoms with Crippen LogP contribution in [0, 0.1) is 5.92 Å². The maximum absolute atomic E-state index is 12.6. The number of hydrogen-bond acceptors (Lipinski definition) is 2. The molecule has 1 N–H and O–H groups in total. The number of likely N-dealkylation sites (N-methyl/N-ethyl adjacent to an activating group) is 1. The standard InChI is InChI=1S/C16H23NO2/c1-16(2,13-7-5-4-6-8-13)15(19)17(3)11-14(18)12-9-10-12/h4-8,12,14,18H,9-11H2,1-3H3. The number of nitrogens with zero attached hydrogens (tertiary/aromatic N) is 1. The van der Waals surface area contributed by atoms with E-state index in [0.29, 0.717) is 12.5 Å². The molecule has 0 radical (unpaired) electrons. The van der Waals surface area contributed by atoms with Gasteiger partial charge in [-0.1, -0.05) is 30.3 Å². The molecule has 0 saturated heterocycles. The number of carbonyl (C=O) groups excluding carboxylic acids is 1. The van der Waals surface area contributed by atoms with E-state index in [0.717, 1.165) is 18.4 Å². The second-order valence-corrected chi connectivity index (χ2v) is 6.08. The van der Waals surface area contributed by atoms with Crippen molar-refractivity contribution in [1.82, 2.24) is 4.90 Å². The third-order valence-corrected chi connectivity index (χ3v) is 4.00. The van der Waals surface area contributed by atoms with Gasteiger partial charge in [0.15, 0.2) is 0 Å². The van der Waals surface area contributed by atoms with Crippen LogP contribution in [0.5, 0.6) is 0 Å². The number of hydrogen-bond donors (Lipinski definition) is 1. The number of amides is 1. The summed E-state index contributed by atoms with van der Waals surface area (Å²) in [5, 5.41) is 9.95. The number of aliphatic hydroxyl groups is 1. The van der Waals surface area contributed by atoms with Crippen LogP contribution >= 0.6 is 0 Å². The first kappa shape index (κ1) is 14.1. The summed E-state index contributed by atoms with van der Waals surface area (Å²) in [6, 6.07) is 9.80. The smallest absolute Gasteiger partial charge is 0.232 e. The van der Waals surface area contributed by atoms with Crippen LogP contribution in [-0.4, -0.2) is 35.6 Å². The molecule has 0 aliphatic heterocycles. The number of rotatable bonds is 5. The van der Waals surface area contributed by atoms with E-state index < -0.39 is 5.41 Å². The molecule has 104 valence electrons. The molecule has 1 aliphatic rings. The summed E-state index contributed by atoms with van der Waals surface area (Å²) in [6.07, 6.45) is 1.80. The fourth-order valence-corrected chi connectivity index (χ4v) is 2.45. The molecule has 1 amide bonds. The summed E-state index contributed by atoms with van der Waals surface area (Å²) in [5.41, 5.74) is 0.451. The predicted octanol–water partition coefficient (Wildman–Crippen LogP) is 2.19. The van der Waals surface area contributed by atoms with Gasteiger partial charge < -0.3 is 10.0 Å². The quantitative estimate of drug-likeness (QED) is 0.882. The Bertz CT molecular complexity index is 437. The number of aliphatic hydroxyl groups excluding tert-OH is 1. The van der Waals surface area contributed by atoms with Gasteiger partial charge >= 0.3 is 0 Å². The van der Waals surface area contributed by atoms with E-state index in [-0.39, 0.29) is 12.0 Å². The van der Waals surface area contributed by atoms with Crippen LogP contribution < -0.4 is 0 Å². The molecular weight excluding hydrogens is 238 g/mol. The Morgan fingerprint density at radius 2 is 1.95 bits per heavy atom. The maximum atomic E-state index is 12.6. The Morgan fingerprint density at radius 3 is 2.47 bits per heavy atom. The van der Waals surface area contributed by atoms with Crippen LogP contribution in [0.3, 0.4) is 0 Å². The van der Waals surface area contributed by atoms with E-state index in [1.54, 1.807) is 11.9 Å². The van der Waals surface area contributed by atoms with E-state index in [4.69, 9.17) is 0 Å². The van der Waals surface area contributed by atoms with E-state index in [1.165, 1.54) is 0 Å². The fraction of sp³-hybridized carbons (Fsp3) is 0.562. The van der Waals surface area contributed by atoms with Gasteiger partial charge in [0.2, 0.25) is 5.91 Å². The van der Waals surface area contributed by atoms with Crippen LogP contribution in [0.4, 0.5) is 0 Å². The molecule has 1 unspecified atom stereocenters. The van der Waals surface area contributed by atoms with E-state index in [1.807, 2.05) is 44.2 Å². The van der Waals surface area contributed by atoms with Crippen LogP contribution in [0.15, 0.2) is 30.3 Å². The molecule has 1 fully saturated rings. The number of benzene rings is 1. The lowest BCUT2D eigenvalue weighted by molar-refractivity contribution is -0.136. The first-order valence-electron chi connectivity index (χ1n) is 6.92. The van der Waals surface area contributed by atoms with E-state index in [9.17, 15) is 9.90 Å². The highest BCUT2D eigenvalue weighted by Gasteiger charge is 2.35. The third-order valence-electron chi connectivity index (χ3n) is 4.00. The van der Waals surface area contributed by atoms with Gasteiger partial charge in [-0.2, -0.15) is 0 Å². The van der Waals surface area contributed by atoms with Gasteiger partial charge in [-0.15, -0.1) is 0 Å². The Hall–Kier alpha value is -1.35. The van der Waals surface area contributed by atoms with Crippen molar-refractivity contribution in [2.24, 2.45) is 5.92 Å². The first-order chi connectivity index (χ1) is 8.93. The summed E-state index contributed by atoms with van der Waals surface area (Å²) >= 11 is 0. The van der Waals surface area contributed by atoms with Gasteiger partial charge in [0.1, 0.15) is 0 Å². The Kier molecular flexibility index (Phi) is 3.95. The Labute approximate surface area is 115 Å². The minimum absolute atomic E-state index is 0.0541. The van der Waals surface area contributed by atoms with Crippen LogP contribution in [-0.2, 0) is 10.2 Å². The summed E-state index contributed by atoms with van der Waals surface area (Å²) in [4.78, 5) is 14.2. The van der Waals surface area contributed by atoms with Crippen molar-refractivity contribution in [3.05, 3.63) is 35.9 Å². The molecule has 19 heavy (non-hydrogen) atoms. The second kappa shape index (κ2) is 5.33. The summed E-state index contributed by atoms with van der Waals surface area (Å²) in [7, 11) is 1.78. The van der Waals surface area contributed by atoms with Gasteiger partial charge in [0.25, 0.3) is 0 Å². The molecule has 1 aliphatic carbocycles. The monoisotopic (exact) mass is 261 g/mol. The highest BCUT2D eigenvalue weighted by Crippen LogP contribution is 2.33. The molecule has 1 saturated carbocycles. The van der Waals surface area contributed by atoms with Gasteiger partial charge in [-0.3, -0.25) is 4.79 Å². The lowest BCUT2D eigenvalue weighted by Gasteiger charge is -2.31. The molecule has 3 heteroatoms. The van der Waals surface area contributed by atoms with Crippen molar-refractivity contribution >= 4 is 5.91 Å². The van der Waals surface area contributed by atoms with Gasteiger partial charge in [-0.05, 0) is 38.2 Å². The molecule has 0 bridgehead atoms. The molecule has 3 nitrogen and oxygen atoms in total. The molecule has 1 atom stereocenters. The molecule has 0 aromatic heterocycles. The van der Waals surface area contributed by atoms with Gasteiger partial charge in [-0.25, -0.2) is 0 Å². The average molecular weight is 261 g/mol. The minimum Gasteiger partial charge on any atom is -0.391 e. The van der Waals surface area contributed by atoms with Crippen molar-refractivity contribution in [3.63, 3.8) is 0 Å². The third kappa shape index (κ3) is 3.16. The van der Waals surface area contributed by atoms with Gasteiger partial charge in [0.05, 0.1) is 11.5 Å². The molecule has 0 spiro atoms. The lowest BCUT2D eigenvalue weighted by Crippen LogP contribution is -2.44. The Morgan fingerprint density at radius 1 is 1.37 bits per heavy atom. The van der Waals surface area contributed by atoms with Crippen molar-refractivity contribution < 1.29 is 9.90 Å². The van der Waals surface area contributed by atoms with Crippen molar-refractivity contribution in [2.75, 3.05) is 13.6 Å². The van der Waals surface area contributed by atoms with Crippen molar-refractivity contribution in [3.8, 4) is 0 Å². The number of carbonyl (C=O) groups is 1. The zero-order valence-corrected chi connectivity index (χ0v) is 12.0. The molecule has 2 rings (SSSR count). The largest absolute Gasteiger partial charge is 0.391 e. The van der Waals surface area contributed by atoms with E-state index in [2.05, 4.69) is 0 Å². The van der Waals surface area contributed by atoms with Crippen LogP contribution in [0.1, 0.15) is 32.3 Å². The topological polar surface area (TPSA) is 40.5 Å².